The highest BCUT2D eigenvalue weighted by atomic mass is 16.5. The first-order chi connectivity index (χ1) is 11.0. The Hall–Kier alpha value is -2.14. The molecule has 0 bridgehead atoms. The minimum absolute atomic E-state index is 0.0265. The van der Waals surface area contributed by atoms with Crippen LogP contribution in [-0.2, 0) is 0 Å². The second-order valence-electron chi connectivity index (χ2n) is 6.55. The number of rotatable bonds is 3. The number of likely N-dealkylation sites (tertiary alicyclic amines) is 1. The molecule has 1 amide bonds. The van der Waals surface area contributed by atoms with Crippen LogP contribution in [0.3, 0.4) is 0 Å². The lowest BCUT2D eigenvalue weighted by atomic mass is 9.95. The van der Waals surface area contributed by atoms with Gasteiger partial charge in [0.1, 0.15) is 5.56 Å². The Labute approximate surface area is 136 Å². The summed E-state index contributed by atoms with van der Waals surface area (Å²) in [7, 11) is 0. The molecule has 1 saturated heterocycles. The summed E-state index contributed by atoms with van der Waals surface area (Å²) < 4.78 is 5.35. The zero-order chi connectivity index (χ0) is 16.6. The Bertz CT molecular complexity index is 694. The minimum Gasteiger partial charge on any atom is -0.360 e. The van der Waals surface area contributed by atoms with Crippen LogP contribution >= 0.6 is 0 Å². The molecule has 3 rings (SSSR count). The van der Waals surface area contributed by atoms with Gasteiger partial charge in [-0.05, 0) is 12.5 Å². The second kappa shape index (κ2) is 6.16. The van der Waals surface area contributed by atoms with Crippen LogP contribution in [0.15, 0.2) is 34.9 Å². The molecule has 2 aromatic rings. The van der Waals surface area contributed by atoms with E-state index in [4.69, 9.17) is 10.3 Å². The molecule has 2 atom stereocenters. The summed E-state index contributed by atoms with van der Waals surface area (Å²) in [4.78, 5) is 14.8. The Balaban J connectivity index is 1.84. The number of aromatic nitrogens is 1. The van der Waals surface area contributed by atoms with E-state index in [1.54, 1.807) is 0 Å². The normalized spacial score (nSPS) is 21.2. The van der Waals surface area contributed by atoms with Gasteiger partial charge in [0.15, 0.2) is 5.76 Å². The Morgan fingerprint density at radius 3 is 2.65 bits per heavy atom. The molecule has 0 saturated carbocycles. The molecule has 0 spiro atoms. The topological polar surface area (TPSA) is 72.4 Å². The number of nitrogens with two attached hydrogens (primary N) is 1. The lowest BCUT2D eigenvalue weighted by Gasteiger charge is -2.17. The molecule has 1 aliphatic rings. The molecule has 1 aliphatic heterocycles. The molecule has 0 unspecified atom stereocenters. The highest BCUT2D eigenvalue weighted by Crippen LogP contribution is 2.30. The molecule has 2 heterocycles. The van der Waals surface area contributed by atoms with Gasteiger partial charge in [0, 0.05) is 31.0 Å². The monoisotopic (exact) mass is 313 g/mol. The molecule has 1 aromatic heterocycles. The number of carbonyl (C=O) groups excluding carboxylic acids is 1. The van der Waals surface area contributed by atoms with Crippen molar-refractivity contribution in [3.63, 3.8) is 0 Å². The van der Waals surface area contributed by atoms with Crippen molar-refractivity contribution in [2.75, 3.05) is 13.1 Å². The minimum atomic E-state index is -0.0518. The van der Waals surface area contributed by atoms with Gasteiger partial charge in [0.25, 0.3) is 5.91 Å². The van der Waals surface area contributed by atoms with Crippen LogP contribution in [0.1, 0.15) is 53.1 Å². The van der Waals surface area contributed by atoms with E-state index in [-0.39, 0.29) is 23.8 Å². The molecule has 0 aliphatic carbocycles. The number of aryl methyl sites for hydroxylation is 1. The fourth-order valence-electron chi connectivity index (χ4n) is 3.25. The summed E-state index contributed by atoms with van der Waals surface area (Å²) in [5.74, 6) is 0.921. The fraction of sp³-hybridized carbons (Fsp3) is 0.444. The zero-order valence-corrected chi connectivity index (χ0v) is 13.8. The first-order valence-electron chi connectivity index (χ1n) is 8.05. The van der Waals surface area contributed by atoms with Gasteiger partial charge < -0.3 is 15.2 Å². The van der Waals surface area contributed by atoms with Crippen LogP contribution in [0.5, 0.6) is 0 Å². The van der Waals surface area contributed by atoms with E-state index in [0.29, 0.717) is 30.1 Å². The van der Waals surface area contributed by atoms with E-state index < -0.39 is 0 Å². The molecule has 0 radical (unpaired) electrons. The van der Waals surface area contributed by atoms with Gasteiger partial charge in [-0.15, -0.1) is 0 Å². The smallest absolute Gasteiger partial charge is 0.259 e. The molecular formula is C18H23N3O2. The number of hydrogen-bond donors (Lipinski definition) is 1. The third-order valence-electron chi connectivity index (χ3n) is 4.51. The van der Waals surface area contributed by atoms with Crippen LogP contribution in [0.25, 0.3) is 0 Å². The third-order valence-corrected chi connectivity index (χ3v) is 4.51. The first-order valence-corrected chi connectivity index (χ1v) is 8.05. The van der Waals surface area contributed by atoms with E-state index in [2.05, 4.69) is 17.3 Å². The first kappa shape index (κ1) is 15.7. The predicted octanol–water partition coefficient (Wildman–Crippen LogP) is 2.67. The van der Waals surface area contributed by atoms with Crippen LogP contribution in [0.4, 0.5) is 0 Å². The average Bonchev–Trinajstić information content (AvgIpc) is 3.11. The Morgan fingerprint density at radius 2 is 2.00 bits per heavy atom. The van der Waals surface area contributed by atoms with E-state index in [0.717, 1.165) is 0 Å². The van der Waals surface area contributed by atoms with Gasteiger partial charge in [-0.25, -0.2) is 0 Å². The van der Waals surface area contributed by atoms with E-state index >= 15 is 0 Å². The molecule has 23 heavy (non-hydrogen) atoms. The molecule has 122 valence electrons. The maximum absolute atomic E-state index is 12.9. The van der Waals surface area contributed by atoms with Crippen molar-refractivity contribution in [1.29, 1.82) is 0 Å². The molecule has 2 N–H and O–H groups in total. The van der Waals surface area contributed by atoms with Crippen LogP contribution in [-0.4, -0.2) is 35.1 Å². The predicted molar refractivity (Wildman–Crippen MR) is 88.4 cm³/mol. The standard InChI is InChI=1S/C18H23N3O2/c1-11(2)17-16(12(3)20-23-17)18(22)21-9-14(15(19)10-21)13-7-5-4-6-8-13/h4-8,11,14-15H,9-10,19H2,1-3H3/t14-,15+/m0/s1. The van der Waals surface area contributed by atoms with Gasteiger partial charge >= 0.3 is 0 Å². The number of benzene rings is 1. The fourth-order valence-corrected chi connectivity index (χ4v) is 3.25. The van der Waals surface area contributed by atoms with Crippen LogP contribution in [0.2, 0.25) is 0 Å². The van der Waals surface area contributed by atoms with Crippen molar-refractivity contribution >= 4 is 5.91 Å². The van der Waals surface area contributed by atoms with Crippen molar-refractivity contribution in [2.24, 2.45) is 5.73 Å². The van der Waals surface area contributed by atoms with Gasteiger partial charge in [-0.3, -0.25) is 4.79 Å². The molecular weight excluding hydrogens is 290 g/mol. The van der Waals surface area contributed by atoms with Crippen LogP contribution in [0, 0.1) is 6.92 Å². The summed E-state index contributed by atoms with van der Waals surface area (Å²) in [6, 6.07) is 10.1. The number of hydrogen-bond acceptors (Lipinski definition) is 4. The van der Waals surface area contributed by atoms with E-state index in [9.17, 15) is 4.79 Å². The van der Waals surface area contributed by atoms with Crippen molar-refractivity contribution in [1.82, 2.24) is 10.1 Å². The van der Waals surface area contributed by atoms with E-state index in [1.807, 2.05) is 43.9 Å². The third kappa shape index (κ3) is 2.88. The summed E-state index contributed by atoms with van der Waals surface area (Å²) in [6.07, 6.45) is 0. The Morgan fingerprint density at radius 1 is 1.30 bits per heavy atom. The lowest BCUT2D eigenvalue weighted by molar-refractivity contribution is 0.0785. The number of carbonyl (C=O) groups is 1. The van der Waals surface area contributed by atoms with Gasteiger partial charge in [-0.2, -0.15) is 0 Å². The Kier molecular flexibility index (Phi) is 4.22. The largest absolute Gasteiger partial charge is 0.360 e. The van der Waals surface area contributed by atoms with Gasteiger partial charge in [0.2, 0.25) is 0 Å². The zero-order valence-electron chi connectivity index (χ0n) is 13.8. The van der Waals surface area contributed by atoms with Gasteiger partial charge in [-0.1, -0.05) is 49.3 Å². The van der Waals surface area contributed by atoms with Crippen molar-refractivity contribution in [3.8, 4) is 0 Å². The van der Waals surface area contributed by atoms with Crippen molar-refractivity contribution in [2.45, 2.75) is 38.6 Å². The van der Waals surface area contributed by atoms with Crippen molar-refractivity contribution in [3.05, 3.63) is 52.9 Å². The highest BCUT2D eigenvalue weighted by Gasteiger charge is 2.36. The second-order valence-corrected chi connectivity index (χ2v) is 6.55. The molecule has 1 aromatic carbocycles. The maximum atomic E-state index is 12.9. The summed E-state index contributed by atoms with van der Waals surface area (Å²) >= 11 is 0. The highest BCUT2D eigenvalue weighted by molar-refractivity contribution is 5.96. The van der Waals surface area contributed by atoms with Crippen LogP contribution < -0.4 is 5.73 Å². The molecule has 5 nitrogen and oxygen atoms in total. The quantitative estimate of drug-likeness (QED) is 0.945. The lowest BCUT2D eigenvalue weighted by Crippen LogP contribution is -2.32. The summed E-state index contributed by atoms with van der Waals surface area (Å²) in [5.41, 5.74) is 8.72. The summed E-state index contributed by atoms with van der Waals surface area (Å²) in [5, 5.41) is 3.97. The number of amides is 1. The number of nitrogens with zero attached hydrogens (tertiary/aromatic N) is 2. The molecule has 5 heteroatoms. The van der Waals surface area contributed by atoms with Crippen molar-refractivity contribution < 1.29 is 9.32 Å². The summed E-state index contributed by atoms with van der Waals surface area (Å²) in [6.45, 7) is 7.00. The SMILES string of the molecule is Cc1noc(C(C)C)c1C(=O)N1C[C@@H](N)[C@H](c2ccccc2)C1. The molecule has 1 fully saturated rings. The van der Waals surface area contributed by atoms with Gasteiger partial charge in [0.05, 0.1) is 5.69 Å². The average molecular weight is 313 g/mol. The maximum Gasteiger partial charge on any atom is 0.259 e. The van der Waals surface area contributed by atoms with E-state index in [1.165, 1.54) is 5.56 Å².